The van der Waals surface area contributed by atoms with E-state index in [1.165, 1.54) is 5.56 Å². The van der Waals surface area contributed by atoms with Gasteiger partial charge in [0, 0.05) is 62.9 Å². The highest BCUT2D eigenvalue weighted by Gasteiger charge is 2.29. The number of ketones is 1. The highest BCUT2D eigenvalue weighted by Crippen LogP contribution is 2.36. The Morgan fingerprint density at radius 1 is 1.04 bits per heavy atom. The molecule has 1 aliphatic rings. The summed E-state index contributed by atoms with van der Waals surface area (Å²) < 4.78 is 8.21. The maximum Gasteiger partial charge on any atom is 0.223 e. The van der Waals surface area contributed by atoms with E-state index in [1.807, 2.05) is 36.4 Å². The zero-order chi connectivity index (χ0) is 31.2. The van der Waals surface area contributed by atoms with Crippen molar-refractivity contribution in [3.05, 3.63) is 119 Å². The second-order valence-corrected chi connectivity index (χ2v) is 12.1. The van der Waals surface area contributed by atoms with Crippen molar-refractivity contribution in [2.45, 2.75) is 38.4 Å². The summed E-state index contributed by atoms with van der Waals surface area (Å²) >= 11 is 1.63. The molecule has 0 radical (unpaired) electrons. The smallest absolute Gasteiger partial charge is 0.223 e. The fourth-order valence-corrected chi connectivity index (χ4v) is 6.39. The van der Waals surface area contributed by atoms with Crippen molar-refractivity contribution in [3.8, 4) is 21.9 Å². The number of fused-ring (bicyclic) bond motifs is 1. The average molecular weight is 622 g/mol. The number of hydrogen-bond donors (Lipinski definition) is 3. The second-order valence-electron chi connectivity index (χ2n) is 11.2. The molecule has 5 aromatic rings. The van der Waals surface area contributed by atoms with Gasteiger partial charge in [-0.2, -0.15) is 0 Å². The van der Waals surface area contributed by atoms with E-state index in [1.54, 1.807) is 48.7 Å². The summed E-state index contributed by atoms with van der Waals surface area (Å²) in [6.45, 7) is 1.79. The number of phenols is 1. The molecule has 0 spiro atoms. The molecular weight excluding hydrogens is 586 g/mol. The lowest BCUT2D eigenvalue weighted by Gasteiger charge is -2.28. The summed E-state index contributed by atoms with van der Waals surface area (Å²) in [4.78, 5) is 36.1. The van der Waals surface area contributed by atoms with Crippen LogP contribution in [0.3, 0.4) is 0 Å². The van der Waals surface area contributed by atoms with Gasteiger partial charge in [0.25, 0.3) is 0 Å². The van der Waals surface area contributed by atoms with E-state index in [0.717, 1.165) is 33.7 Å². The van der Waals surface area contributed by atoms with Gasteiger partial charge in [0.2, 0.25) is 5.91 Å². The predicted molar refractivity (Wildman–Crippen MR) is 173 cm³/mol. The molecule has 3 heterocycles. The van der Waals surface area contributed by atoms with Crippen LogP contribution in [-0.2, 0) is 24.3 Å². The van der Waals surface area contributed by atoms with Gasteiger partial charge in [-0.25, -0.2) is 4.98 Å². The lowest BCUT2D eigenvalue weighted by atomic mass is 9.89. The first-order chi connectivity index (χ1) is 22.0. The van der Waals surface area contributed by atoms with E-state index < -0.39 is 5.92 Å². The third kappa shape index (κ3) is 7.13. The highest BCUT2D eigenvalue weighted by molar-refractivity contribution is 7.13. The van der Waals surface area contributed by atoms with Crippen molar-refractivity contribution in [1.82, 2.24) is 25.2 Å². The predicted octanol–water partition coefficient (Wildman–Crippen LogP) is 5.55. The van der Waals surface area contributed by atoms with Crippen molar-refractivity contribution in [2.24, 2.45) is 5.92 Å². The van der Waals surface area contributed by atoms with E-state index in [4.69, 9.17) is 4.74 Å². The van der Waals surface area contributed by atoms with Crippen molar-refractivity contribution in [3.63, 3.8) is 0 Å². The molecule has 9 nitrogen and oxygen atoms in total. The average Bonchev–Trinajstić information content (AvgIpc) is 3.77. The Morgan fingerprint density at radius 2 is 1.84 bits per heavy atom. The van der Waals surface area contributed by atoms with Crippen LogP contribution in [-0.4, -0.2) is 45.0 Å². The van der Waals surface area contributed by atoms with Crippen LogP contribution in [0.5, 0.6) is 11.5 Å². The van der Waals surface area contributed by atoms with Crippen LogP contribution >= 0.6 is 11.3 Å². The minimum Gasteiger partial charge on any atom is -0.508 e. The number of hydrogen-bond acceptors (Lipinski definition) is 8. The van der Waals surface area contributed by atoms with Gasteiger partial charge in [0.05, 0.1) is 34.6 Å². The molecule has 1 aliphatic heterocycles. The molecule has 2 atom stereocenters. The molecule has 2 aromatic heterocycles. The zero-order valence-corrected chi connectivity index (χ0v) is 25.8. The van der Waals surface area contributed by atoms with Crippen molar-refractivity contribution in [2.75, 3.05) is 13.7 Å². The monoisotopic (exact) mass is 621 g/mol. The van der Waals surface area contributed by atoms with Crippen LogP contribution in [0.4, 0.5) is 0 Å². The van der Waals surface area contributed by atoms with Gasteiger partial charge in [-0.05, 0) is 41.3 Å². The van der Waals surface area contributed by atoms with E-state index in [0.29, 0.717) is 37.4 Å². The van der Waals surface area contributed by atoms with Crippen LogP contribution in [0, 0.1) is 5.92 Å². The molecule has 6 rings (SSSR count). The number of benzene rings is 3. The Balaban J connectivity index is 1.12. The lowest BCUT2D eigenvalue weighted by molar-refractivity contribution is -0.124. The summed E-state index contributed by atoms with van der Waals surface area (Å²) in [5.41, 5.74) is 7.54. The van der Waals surface area contributed by atoms with Gasteiger partial charge in [-0.15, -0.1) is 11.3 Å². The normalized spacial score (nSPS) is 14.7. The summed E-state index contributed by atoms with van der Waals surface area (Å²) in [5, 5.41) is 16.0. The minimum atomic E-state index is -0.551. The van der Waals surface area contributed by atoms with E-state index >= 15 is 0 Å². The van der Waals surface area contributed by atoms with Crippen molar-refractivity contribution >= 4 is 23.0 Å². The SMILES string of the molecule is CNC(=O)[C@@H](CC(=O)c1cccc2c1OCC[C@H]2NCc1cncn1Cc1ccc(-c2cncs2)cc1)Cc1ccc(O)cc1. The molecule has 230 valence electrons. The number of rotatable bonds is 12. The van der Waals surface area contributed by atoms with E-state index in [2.05, 4.69) is 49.4 Å². The molecule has 3 N–H and O–H groups in total. The molecule has 0 fully saturated rings. The Labute approximate surface area is 265 Å². The van der Waals surface area contributed by atoms with E-state index in [-0.39, 0.29) is 29.9 Å². The number of carbonyl (C=O) groups is 2. The van der Waals surface area contributed by atoms with Gasteiger partial charge in [-0.1, -0.05) is 48.5 Å². The molecule has 10 heteroatoms. The van der Waals surface area contributed by atoms with Crippen molar-refractivity contribution in [1.29, 1.82) is 0 Å². The molecule has 0 aliphatic carbocycles. The third-order valence-electron chi connectivity index (χ3n) is 8.19. The van der Waals surface area contributed by atoms with Gasteiger partial charge < -0.3 is 25.0 Å². The van der Waals surface area contributed by atoms with Gasteiger partial charge in [0.1, 0.15) is 11.5 Å². The summed E-state index contributed by atoms with van der Waals surface area (Å²) in [7, 11) is 1.58. The fraction of sp³-hybridized carbons (Fsp3) is 0.257. The fourth-order valence-electron chi connectivity index (χ4n) is 5.76. The first kappa shape index (κ1) is 30.2. The number of imidazole rings is 1. The molecular formula is C35H35N5O4S. The van der Waals surface area contributed by atoms with Crippen LogP contribution in [0.2, 0.25) is 0 Å². The first-order valence-electron chi connectivity index (χ1n) is 15.0. The standard InChI is InChI=1S/C35H35N5O4S/c1-36-35(43)26(15-23-7-11-28(41)12-8-23)16-32(42)30-4-2-3-29-31(13-14-44-34(29)30)39-18-27-17-37-21-40(27)20-24-5-9-25(10-6-24)33-19-38-22-45-33/h2-12,17,19,21-22,26,31,39,41H,13-16,18,20H2,1H3,(H,36,43)/t26-,31-/m1/s1. The third-order valence-corrected chi connectivity index (χ3v) is 9.02. The number of Topliss-reactive ketones (excluding diaryl/α,β-unsaturated/α-hetero) is 1. The van der Waals surface area contributed by atoms with Gasteiger partial charge >= 0.3 is 0 Å². The zero-order valence-electron chi connectivity index (χ0n) is 25.0. The summed E-state index contributed by atoms with van der Waals surface area (Å²) in [6, 6.07) is 20.9. The molecule has 0 saturated heterocycles. The maximum atomic E-state index is 13.6. The quantitative estimate of drug-likeness (QED) is 0.156. The number of phenolic OH excluding ortho intramolecular Hbond substituents is 1. The molecule has 1 amide bonds. The highest BCUT2D eigenvalue weighted by atomic mass is 32.1. The van der Waals surface area contributed by atoms with Crippen LogP contribution < -0.4 is 15.4 Å². The molecule has 0 bridgehead atoms. The lowest BCUT2D eigenvalue weighted by Crippen LogP contribution is -2.31. The van der Waals surface area contributed by atoms with Gasteiger partial charge in [0.15, 0.2) is 5.78 Å². The topological polar surface area (TPSA) is 118 Å². The second kappa shape index (κ2) is 13.9. The molecule has 45 heavy (non-hydrogen) atoms. The minimum absolute atomic E-state index is 0.00438. The number of aromatic hydroxyl groups is 1. The molecule has 0 saturated carbocycles. The van der Waals surface area contributed by atoms with Gasteiger partial charge in [-0.3, -0.25) is 14.6 Å². The van der Waals surface area contributed by atoms with Crippen LogP contribution in [0.25, 0.3) is 10.4 Å². The Hall–Kier alpha value is -4.80. The van der Waals surface area contributed by atoms with Crippen LogP contribution in [0.1, 0.15) is 51.6 Å². The molecule has 0 unspecified atom stereocenters. The Kier molecular flexibility index (Phi) is 9.33. The number of thiazole rings is 1. The Bertz CT molecular complexity index is 1750. The number of nitrogens with zero attached hydrogens (tertiary/aromatic N) is 3. The van der Waals surface area contributed by atoms with Crippen LogP contribution in [0.15, 0.2) is 91.0 Å². The maximum absolute atomic E-state index is 13.6. The summed E-state index contributed by atoms with van der Waals surface area (Å²) in [6.07, 6.45) is 6.81. The summed E-state index contributed by atoms with van der Waals surface area (Å²) in [5.74, 6) is -0.149. The van der Waals surface area contributed by atoms with E-state index in [9.17, 15) is 14.7 Å². The number of carbonyl (C=O) groups excluding carboxylic acids is 2. The number of para-hydroxylation sites is 1. The Morgan fingerprint density at radius 3 is 2.60 bits per heavy atom. The number of aromatic nitrogens is 3. The first-order valence-corrected chi connectivity index (χ1v) is 15.8. The van der Waals surface area contributed by atoms with Crippen molar-refractivity contribution < 1.29 is 19.4 Å². The number of nitrogens with one attached hydrogen (secondary N) is 2. The number of ether oxygens (including phenoxy) is 1. The number of amides is 1. The molecule has 3 aromatic carbocycles. The largest absolute Gasteiger partial charge is 0.508 e.